The largest absolute Gasteiger partial charge is 0.347 e. The average Bonchev–Trinajstić information content (AvgIpc) is 2.61. The third-order valence-electron chi connectivity index (χ3n) is 3.20. The minimum atomic E-state index is -0.407. The number of rotatable bonds is 6. The molecule has 2 amide bonds. The van der Waals surface area contributed by atoms with Crippen molar-refractivity contribution in [1.29, 1.82) is 0 Å². The summed E-state index contributed by atoms with van der Waals surface area (Å²) >= 11 is 9.21. The highest BCUT2D eigenvalue weighted by molar-refractivity contribution is 9.10. The lowest BCUT2D eigenvalue weighted by molar-refractivity contribution is -0.117. The fourth-order valence-electron chi connectivity index (χ4n) is 1.98. The molecule has 25 heavy (non-hydrogen) atoms. The van der Waals surface area contributed by atoms with Crippen molar-refractivity contribution in [1.82, 2.24) is 10.6 Å². The SMILES string of the molecule is C=CCNC(=O)/C(=C\c1ccc(Cl)cc1)NC(=O)c1ccccc1Br. The lowest BCUT2D eigenvalue weighted by Crippen LogP contribution is -2.35. The van der Waals surface area contributed by atoms with Crippen LogP contribution in [0.3, 0.4) is 0 Å². The molecule has 0 fully saturated rings. The molecule has 0 aliphatic heterocycles. The summed E-state index contributed by atoms with van der Waals surface area (Å²) in [7, 11) is 0. The summed E-state index contributed by atoms with van der Waals surface area (Å²) in [5, 5.41) is 5.91. The molecule has 0 unspecified atom stereocenters. The van der Waals surface area contributed by atoms with Crippen molar-refractivity contribution in [2.24, 2.45) is 0 Å². The molecular weight excluding hydrogens is 404 g/mol. The predicted octanol–water partition coefficient (Wildman–Crippen LogP) is 4.18. The molecule has 4 nitrogen and oxygen atoms in total. The van der Waals surface area contributed by atoms with E-state index in [1.54, 1.807) is 54.6 Å². The summed E-state index contributed by atoms with van der Waals surface area (Å²) in [4.78, 5) is 24.8. The molecule has 0 atom stereocenters. The first-order valence-electron chi connectivity index (χ1n) is 7.43. The van der Waals surface area contributed by atoms with E-state index >= 15 is 0 Å². The van der Waals surface area contributed by atoms with Crippen LogP contribution in [0.2, 0.25) is 5.02 Å². The summed E-state index contributed by atoms with van der Waals surface area (Å²) in [6.07, 6.45) is 3.15. The molecule has 0 aliphatic carbocycles. The molecule has 0 radical (unpaired) electrons. The maximum atomic E-state index is 12.5. The van der Waals surface area contributed by atoms with Gasteiger partial charge in [-0.2, -0.15) is 0 Å². The van der Waals surface area contributed by atoms with Gasteiger partial charge in [-0.15, -0.1) is 6.58 Å². The van der Waals surface area contributed by atoms with E-state index in [1.807, 2.05) is 6.07 Å². The van der Waals surface area contributed by atoms with Crippen molar-refractivity contribution in [2.75, 3.05) is 6.54 Å². The normalized spacial score (nSPS) is 10.9. The summed E-state index contributed by atoms with van der Waals surface area (Å²) in [6.45, 7) is 3.86. The van der Waals surface area contributed by atoms with Crippen LogP contribution in [-0.4, -0.2) is 18.4 Å². The van der Waals surface area contributed by atoms with Crippen LogP contribution in [0.15, 0.2) is 71.4 Å². The zero-order chi connectivity index (χ0) is 18.2. The Kier molecular flexibility index (Phi) is 6.98. The highest BCUT2D eigenvalue weighted by Crippen LogP contribution is 2.17. The number of carbonyl (C=O) groups excluding carboxylic acids is 2. The van der Waals surface area contributed by atoms with E-state index in [2.05, 4.69) is 33.1 Å². The van der Waals surface area contributed by atoms with Crippen LogP contribution in [0.1, 0.15) is 15.9 Å². The Labute approximate surface area is 159 Å². The van der Waals surface area contributed by atoms with Gasteiger partial charge in [-0.3, -0.25) is 9.59 Å². The Bertz CT molecular complexity index is 816. The summed E-state index contributed by atoms with van der Waals surface area (Å²) in [6, 6.07) is 13.9. The van der Waals surface area contributed by atoms with E-state index in [1.165, 1.54) is 0 Å². The first-order valence-corrected chi connectivity index (χ1v) is 8.60. The molecule has 0 saturated carbocycles. The molecular formula is C19H16BrClN2O2. The third-order valence-corrected chi connectivity index (χ3v) is 4.14. The standard InChI is InChI=1S/C19H16BrClN2O2/c1-2-11-22-19(25)17(12-13-7-9-14(21)10-8-13)23-18(24)15-5-3-4-6-16(15)20/h2-10,12H,1,11H2,(H,22,25)(H,23,24)/b17-12+. The third kappa shape index (κ3) is 5.59. The van der Waals surface area contributed by atoms with Crippen molar-refractivity contribution in [3.05, 3.63) is 87.5 Å². The van der Waals surface area contributed by atoms with E-state index < -0.39 is 5.91 Å². The van der Waals surface area contributed by atoms with Gasteiger partial charge in [0.15, 0.2) is 0 Å². The van der Waals surface area contributed by atoms with E-state index in [9.17, 15) is 9.59 Å². The molecule has 0 spiro atoms. The quantitative estimate of drug-likeness (QED) is 0.545. The van der Waals surface area contributed by atoms with Crippen LogP contribution in [-0.2, 0) is 4.79 Å². The molecule has 0 bridgehead atoms. The van der Waals surface area contributed by atoms with Crippen LogP contribution in [0.5, 0.6) is 0 Å². The first-order chi connectivity index (χ1) is 12.0. The minimum Gasteiger partial charge on any atom is -0.347 e. The zero-order valence-corrected chi connectivity index (χ0v) is 15.6. The van der Waals surface area contributed by atoms with Crippen LogP contribution in [0.4, 0.5) is 0 Å². The van der Waals surface area contributed by atoms with Gasteiger partial charge in [0, 0.05) is 16.0 Å². The number of amides is 2. The van der Waals surface area contributed by atoms with Crippen LogP contribution < -0.4 is 10.6 Å². The Morgan fingerprint density at radius 3 is 2.44 bits per heavy atom. The number of carbonyl (C=O) groups is 2. The van der Waals surface area contributed by atoms with Crippen molar-refractivity contribution in [3.63, 3.8) is 0 Å². The average molecular weight is 420 g/mol. The fourth-order valence-corrected chi connectivity index (χ4v) is 2.57. The Balaban J connectivity index is 2.29. The summed E-state index contributed by atoms with van der Waals surface area (Å²) in [5.41, 5.74) is 1.30. The number of benzene rings is 2. The van der Waals surface area contributed by atoms with Crippen LogP contribution >= 0.6 is 27.5 Å². The number of halogens is 2. The molecule has 2 aromatic rings. The molecule has 128 valence electrons. The van der Waals surface area contributed by atoms with Crippen molar-refractivity contribution in [3.8, 4) is 0 Å². The van der Waals surface area contributed by atoms with Gasteiger partial charge < -0.3 is 10.6 Å². The molecule has 0 aliphatic rings. The topological polar surface area (TPSA) is 58.2 Å². The fraction of sp³-hybridized carbons (Fsp3) is 0.0526. The molecule has 0 aromatic heterocycles. The van der Waals surface area contributed by atoms with Gasteiger partial charge in [-0.25, -0.2) is 0 Å². The van der Waals surface area contributed by atoms with E-state index in [0.29, 0.717) is 21.6 Å². The second kappa shape index (κ2) is 9.20. The predicted molar refractivity (Wildman–Crippen MR) is 104 cm³/mol. The van der Waals surface area contributed by atoms with Gasteiger partial charge in [-0.05, 0) is 51.8 Å². The van der Waals surface area contributed by atoms with Crippen LogP contribution in [0, 0.1) is 0 Å². The van der Waals surface area contributed by atoms with Crippen molar-refractivity contribution < 1.29 is 9.59 Å². The van der Waals surface area contributed by atoms with E-state index in [4.69, 9.17) is 11.6 Å². The minimum absolute atomic E-state index is 0.130. The van der Waals surface area contributed by atoms with E-state index in [-0.39, 0.29) is 11.6 Å². The van der Waals surface area contributed by atoms with E-state index in [0.717, 1.165) is 5.56 Å². The monoisotopic (exact) mass is 418 g/mol. The molecule has 2 aromatic carbocycles. The maximum absolute atomic E-state index is 12.5. The second-order valence-electron chi connectivity index (χ2n) is 5.04. The Hall–Kier alpha value is -2.37. The molecule has 6 heteroatoms. The second-order valence-corrected chi connectivity index (χ2v) is 6.33. The molecule has 0 heterocycles. The Morgan fingerprint density at radius 1 is 1.12 bits per heavy atom. The lowest BCUT2D eigenvalue weighted by Gasteiger charge is -2.11. The summed E-state index contributed by atoms with van der Waals surface area (Å²) < 4.78 is 0.643. The lowest BCUT2D eigenvalue weighted by atomic mass is 10.1. The van der Waals surface area contributed by atoms with Gasteiger partial charge >= 0.3 is 0 Å². The van der Waals surface area contributed by atoms with Crippen LogP contribution in [0.25, 0.3) is 6.08 Å². The summed E-state index contributed by atoms with van der Waals surface area (Å²) in [5.74, 6) is -0.795. The Morgan fingerprint density at radius 2 is 1.80 bits per heavy atom. The van der Waals surface area contributed by atoms with Gasteiger partial charge in [0.25, 0.3) is 11.8 Å². The first kappa shape index (κ1) is 19.0. The number of hydrogen-bond donors (Lipinski definition) is 2. The molecule has 0 saturated heterocycles. The maximum Gasteiger partial charge on any atom is 0.268 e. The number of nitrogens with one attached hydrogen (secondary N) is 2. The smallest absolute Gasteiger partial charge is 0.268 e. The molecule has 2 rings (SSSR count). The van der Waals surface area contributed by atoms with Gasteiger partial charge in [0.1, 0.15) is 5.70 Å². The molecule has 2 N–H and O–H groups in total. The highest BCUT2D eigenvalue weighted by atomic mass is 79.9. The van der Waals surface area contributed by atoms with Gasteiger partial charge in [-0.1, -0.05) is 41.9 Å². The van der Waals surface area contributed by atoms with Gasteiger partial charge in [0.05, 0.1) is 5.56 Å². The highest BCUT2D eigenvalue weighted by Gasteiger charge is 2.15. The van der Waals surface area contributed by atoms with Crippen molar-refractivity contribution in [2.45, 2.75) is 0 Å². The van der Waals surface area contributed by atoms with Gasteiger partial charge in [0.2, 0.25) is 0 Å². The zero-order valence-electron chi connectivity index (χ0n) is 13.3. The number of hydrogen-bond acceptors (Lipinski definition) is 2. The van der Waals surface area contributed by atoms with Crippen molar-refractivity contribution >= 4 is 45.4 Å².